The van der Waals surface area contributed by atoms with E-state index in [1.54, 1.807) is 18.5 Å². The van der Waals surface area contributed by atoms with Crippen LogP contribution in [0.2, 0.25) is 0 Å². The molecule has 2 N–H and O–H groups in total. The number of aromatic nitrogens is 2. The van der Waals surface area contributed by atoms with Crippen molar-refractivity contribution < 1.29 is 9.90 Å². The van der Waals surface area contributed by atoms with Crippen LogP contribution in [-0.4, -0.2) is 34.1 Å². The minimum absolute atomic E-state index is 0.0913. The predicted molar refractivity (Wildman–Crippen MR) is 84.4 cm³/mol. The first-order chi connectivity index (χ1) is 10.8. The largest absolute Gasteiger partial charge is 0.395 e. The van der Waals surface area contributed by atoms with Crippen LogP contribution in [0.5, 0.6) is 0 Å². The van der Waals surface area contributed by atoms with Gasteiger partial charge in [0.2, 0.25) is 0 Å². The van der Waals surface area contributed by atoms with Gasteiger partial charge in [-0.25, -0.2) is 4.98 Å². The number of benzene rings is 1. The fourth-order valence-electron chi connectivity index (χ4n) is 2.30. The maximum atomic E-state index is 12.3. The molecular weight excluding hydrogens is 278 g/mol. The van der Waals surface area contributed by atoms with E-state index in [4.69, 9.17) is 5.11 Å². The number of pyridine rings is 2. The number of amides is 1. The molecule has 0 unspecified atom stereocenters. The number of aliphatic hydroxyl groups is 1. The highest BCUT2D eigenvalue weighted by Crippen LogP contribution is 2.24. The summed E-state index contributed by atoms with van der Waals surface area (Å²) in [6.07, 6.45) is 3.38. The van der Waals surface area contributed by atoms with Crippen molar-refractivity contribution >= 4 is 16.8 Å². The number of hydrogen-bond donors (Lipinski definition) is 2. The Balaban J connectivity index is 2.14. The highest BCUT2D eigenvalue weighted by Gasteiger charge is 2.13. The van der Waals surface area contributed by atoms with E-state index in [0.717, 1.165) is 22.2 Å². The topological polar surface area (TPSA) is 75.1 Å². The minimum atomic E-state index is -0.219. The number of nitrogens with one attached hydrogen (secondary N) is 1. The smallest absolute Gasteiger partial charge is 0.252 e. The molecule has 2 heterocycles. The number of aliphatic hydroxyl groups excluding tert-OH is 1. The second-order valence-electron chi connectivity index (χ2n) is 4.79. The Hall–Kier alpha value is -2.79. The van der Waals surface area contributed by atoms with Crippen LogP contribution in [0.25, 0.3) is 22.2 Å². The molecule has 0 saturated heterocycles. The second-order valence-corrected chi connectivity index (χ2v) is 4.79. The molecule has 0 fully saturated rings. The third-order valence-corrected chi connectivity index (χ3v) is 3.33. The van der Waals surface area contributed by atoms with E-state index in [-0.39, 0.29) is 19.1 Å². The standard InChI is InChI=1S/C17H15N3O2/c21-10-9-19-17(22)14-11-16(12-5-7-18-8-6-12)20-15-4-2-1-3-13(14)15/h1-8,11,21H,9-10H2,(H,19,22). The van der Waals surface area contributed by atoms with Gasteiger partial charge in [-0.2, -0.15) is 0 Å². The van der Waals surface area contributed by atoms with Crippen LogP contribution in [-0.2, 0) is 0 Å². The van der Waals surface area contributed by atoms with Crippen LogP contribution in [0.3, 0.4) is 0 Å². The first kappa shape index (κ1) is 14.2. The van der Waals surface area contributed by atoms with E-state index in [0.29, 0.717) is 5.56 Å². The van der Waals surface area contributed by atoms with Crippen LogP contribution >= 0.6 is 0 Å². The van der Waals surface area contributed by atoms with E-state index < -0.39 is 0 Å². The van der Waals surface area contributed by atoms with Crippen LogP contribution < -0.4 is 5.32 Å². The highest BCUT2D eigenvalue weighted by atomic mass is 16.3. The Morgan fingerprint density at radius 1 is 1.14 bits per heavy atom. The first-order valence-corrected chi connectivity index (χ1v) is 6.99. The maximum absolute atomic E-state index is 12.3. The summed E-state index contributed by atoms with van der Waals surface area (Å²) in [5.41, 5.74) is 2.92. The molecule has 5 heteroatoms. The van der Waals surface area contributed by atoms with Crippen LogP contribution in [0.1, 0.15) is 10.4 Å². The summed E-state index contributed by atoms with van der Waals surface area (Å²) in [6.45, 7) is 0.131. The molecule has 110 valence electrons. The lowest BCUT2D eigenvalue weighted by molar-refractivity contribution is 0.0946. The van der Waals surface area contributed by atoms with Crippen molar-refractivity contribution in [2.24, 2.45) is 0 Å². The van der Waals surface area contributed by atoms with Crippen LogP contribution in [0.15, 0.2) is 54.9 Å². The van der Waals surface area contributed by atoms with E-state index in [1.807, 2.05) is 36.4 Å². The molecule has 0 aliphatic rings. The van der Waals surface area contributed by atoms with Gasteiger partial charge in [0, 0.05) is 29.9 Å². The highest BCUT2D eigenvalue weighted by molar-refractivity contribution is 6.07. The fourth-order valence-corrected chi connectivity index (χ4v) is 2.30. The van der Waals surface area contributed by atoms with Gasteiger partial charge in [0.25, 0.3) is 5.91 Å². The predicted octanol–water partition coefficient (Wildman–Crippen LogP) is 2.02. The van der Waals surface area contributed by atoms with E-state index in [9.17, 15) is 4.79 Å². The third-order valence-electron chi connectivity index (χ3n) is 3.33. The van der Waals surface area contributed by atoms with Gasteiger partial charge in [0.15, 0.2) is 0 Å². The van der Waals surface area contributed by atoms with E-state index >= 15 is 0 Å². The fraction of sp³-hybridized carbons (Fsp3) is 0.118. The van der Waals surface area contributed by atoms with Crippen molar-refractivity contribution in [2.75, 3.05) is 13.2 Å². The second kappa shape index (κ2) is 6.32. The zero-order valence-corrected chi connectivity index (χ0v) is 11.9. The molecule has 22 heavy (non-hydrogen) atoms. The average molecular weight is 293 g/mol. The summed E-state index contributed by atoms with van der Waals surface area (Å²) in [5, 5.41) is 12.4. The van der Waals surface area contributed by atoms with E-state index in [1.165, 1.54) is 0 Å². The SMILES string of the molecule is O=C(NCCO)c1cc(-c2ccncc2)nc2ccccc12. The number of carbonyl (C=O) groups excluding carboxylic acids is 1. The van der Waals surface area contributed by atoms with Crippen molar-refractivity contribution in [3.63, 3.8) is 0 Å². The van der Waals surface area contributed by atoms with Gasteiger partial charge in [0.1, 0.15) is 0 Å². The summed E-state index contributed by atoms with van der Waals surface area (Å²) >= 11 is 0. The molecule has 0 bridgehead atoms. The van der Waals surface area contributed by atoms with Gasteiger partial charge in [-0.15, -0.1) is 0 Å². The molecule has 0 atom stereocenters. The van der Waals surface area contributed by atoms with Crippen molar-refractivity contribution in [3.05, 3.63) is 60.4 Å². The molecule has 3 rings (SSSR count). The number of fused-ring (bicyclic) bond motifs is 1. The zero-order chi connectivity index (χ0) is 15.4. The molecule has 2 aromatic heterocycles. The number of nitrogens with zero attached hydrogens (tertiary/aromatic N) is 2. The summed E-state index contributed by atoms with van der Waals surface area (Å²) in [5.74, 6) is -0.219. The van der Waals surface area contributed by atoms with Crippen molar-refractivity contribution in [2.45, 2.75) is 0 Å². The van der Waals surface area contributed by atoms with Gasteiger partial charge < -0.3 is 10.4 Å². The molecule has 5 nitrogen and oxygen atoms in total. The Labute approximate surface area is 127 Å². The van der Waals surface area contributed by atoms with Gasteiger partial charge in [-0.3, -0.25) is 9.78 Å². The molecule has 0 aliphatic heterocycles. The summed E-state index contributed by atoms with van der Waals surface area (Å²) < 4.78 is 0. The Morgan fingerprint density at radius 3 is 2.68 bits per heavy atom. The third kappa shape index (κ3) is 2.80. The molecule has 0 spiro atoms. The molecule has 1 aromatic carbocycles. The first-order valence-electron chi connectivity index (χ1n) is 6.99. The zero-order valence-electron chi connectivity index (χ0n) is 11.9. The minimum Gasteiger partial charge on any atom is -0.395 e. The summed E-state index contributed by atoms with van der Waals surface area (Å²) in [6, 6.07) is 13.0. The Bertz CT molecular complexity index is 803. The molecule has 0 radical (unpaired) electrons. The monoisotopic (exact) mass is 293 g/mol. The van der Waals surface area contributed by atoms with Gasteiger partial charge in [0.05, 0.1) is 23.4 Å². The lowest BCUT2D eigenvalue weighted by Gasteiger charge is -2.10. The lowest BCUT2D eigenvalue weighted by Crippen LogP contribution is -2.26. The van der Waals surface area contributed by atoms with Crippen molar-refractivity contribution in [3.8, 4) is 11.3 Å². The molecule has 0 aliphatic carbocycles. The number of carbonyl (C=O) groups is 1. The number of rotatable bonds is 4. The van der Waals surface area contributed by atoms with Crippen LogP contribution in [0, 0.1) is 0 Å². The number of para-hydroxylation sites is 1. The van der Waals surface area contributed by atoms with Gasteiger partial charge in [-0.05, 0) is 24.3 Å². The maximum Gasteiger partial charge on any atom is 0.252 e. The number of hydrogen-bond acceptors (Lipinski definition) is 4. The molecule has 0 saturated carbocycles. The molecule has 3 aromatic rings. The van der Waals surface area contributed by atoms with Gasteiger partial charge >= 0.3 is 0 Å². The lowest BCUT2D eigenvalue weighted by atomic mass is 10.0. The quantitative estimate of drug-likeness (QED) is 0.771. The van der Waals surface area contributed by atoms with Crippen molar-refractivity contribution in [1.29, 1.82) is 0 Å². The summed E-state index contributed by atoms with van der Waals surface area (Å²) in [7, 11) is 0. The normalized spacial score (nSPS) is 10.6. The molecule has 1 amide bonds. The average Bonchev–Trinajstić information content (AvgIpc) is 2.59. The summed E-state index contributed by atoms with van der Waals surface area (Å²) in [4.78, 5) is 20.9. The molecular formula is C17H15N3O2. The van der Waals surface area contributed by atoms with Crippen molar-refractivity contribution in [1.82, 2.24) is 15.3 Å². The Morgan fingerprint density at radius 2 is 1.91 bits per heavy atom. The van der Waals surface area contributed by atoms with Gasteiger partial charge in [-0.1, -0.05) is 18.2 Å². The Kier molecular flexibility index (Phi) is 4.07. The van der Waals surface area contributed by atoms with Crippen LogP contribution in [0.4, 0.5) is 0 Å². The van der Waals surface area contributed by atoms with E-state index in [2.05, 4.69) is 15.3 Å².